The molecule has 0 unspecified atom stereocenters. The van der Waals surface area contributed by atoms with Gasteiger partial charge in [-0.25, -0.2) is 4.79 Å². The van der Waals surface area contributed by atoms with Gasteiger partial charge in [-0.2, -0.15) is 0 Å². The number of methoxy groups -OCH3 is 1. The Morgan fingerprint density at radius 3 is 2.41 bits per heavy atom. The van der Waals surface area contributed by atoms with E-state index in [9.17, 15) is 19.2 Å². The number of carbonyl (C=O) groups is 4. The quantitative estimate of drug-likeness (QED) is 0.522. The maximum absolute atomic E-state index is 11.8. The van der Waals surface area contributed by atoms with Crippen molar-refractivity contribution in [2.75, 3.05) is 13.7 Å². The summed E-state index contributed by atoms with van der Waals surface area (Å²) in [6.07, 6.45) is -0.0213. The van der Waals surface area contributed by atoms with Gasteiger partial charge in [0.05, 0.1) is 24.0 Å². The van der Waals surface area contributed by atoms with E-state index in [2.05, 4.69) is 10.1 Å². The first-order valence-corrected chi connectivity index (χ1v) is 9.04. The number of amides is 1. The van der Waals surface area contributed by atoms with Crippen molar-refractivity contribution < 1.29 is 28.7 Å². The summed E-state index contributed by atoms with van der Waals surface area (Å²) in [5.74, 6) is -1.61. The SMILES string of the molecule is COC(=O)c1ccc(CNC(=O)COC(=O)CCC(=O)c2cccs2)cc1. The highest BCUT2D eigenvalue weighted by atomic mass is 32.1. The molecule has 142 valence electrons. The van der Waals surface area contributed by atoms with E-state index in [4.69, 9.17) is 4.74 Å². The van der Waals surface area contributed by atoms with Gasteiger partial charge in [-0.1, -0.05) is 18.2 Å². The van der Waals surface area contributed by atoms with E-state index in [1.165, 1.54) is 18.4 Å². The summed E-state index contributed by atoms with van der Waals surface area (Å²) in [7, 11) is 1.30. The van der Waals surface area contributed by atoms with Crippen LogP contribution in [0.5, 0.6) is 0 Å². The Hall–Kier alpha value is -3.00. The van der Waals surface area contributed by atoms with E-state index >= 15 is 0 Å². The predicted molar refractivity (Wildman–Crippen MR) is 98.5 cm³/mol. The molecule has 1 N–H and O–H groups in total. The standard InChI is InChI=1S/C19H19NO6S/c1-25-19(24)14-6-4-13(5-7-14)11-20-17(22)12-26-18(23)9-8-15(21)16-3-2-10-27-16/h2-7,10H,8-9,11-12H2,1H3,(H,20,22). The molecule has 0 radical (unpaired) electrons. The monoisotopic (exact) mass is 389 g/mol. The number of esters is 2. The maximum atomic E-state index is 11.8. The fourth-order valence-corrected chi connectivity index (χ4v) is 2.82. The van der Waals surface area contributed by atoms with Crippen LogP contribution in [0.2, 0.25) is 0 Å². The van der Waals surface area contributed by atoms with Crippen molar-refractivity contribution in [3.8, 4) is 0 Å². The number of Topliss-reactive ketones (excluding diaryl/α,β-unsaturated/α-hetero) is 1. The molecule has 0 spiro atoms. The average molecular weight is 389 g/mol. The lowest BCUT2D eigenvalue weighted by molar-refractivity contribution is -0.148. The van der Waals surface area contributed by atoms with Gasteiger partial charge < -0.3 is 14.8 Å². The zero-order chi connectivity index (χ0) is 19.6. The van der Waals surface area contributed by atoms with E-state index in [1.54, 1.807) is 41.8 Å². The molecular weight excluding hydrogens is 370 g/mol. The van der Waals surface area contributed by atoms with Crippen molar-refractivity contribution in [1.82, 2.24) is 5.32 Å². The largest absolute Gasteiger partial charge is 0.465 e. The molecule has 0 saturated heterocycles. The van der Waals surface area contributed by atoms with Crippen LogP contribution in [-0.4, -0.2) is 37.3 Å². The van der Waals surface area contributed by atoms with Crippen LogP contribution in [0.3, 0.4) is 0 Å². The van der Waals surface area contributed by atoms with Crippen LogP contribution >= 0.6 is 11.3 Å². The molecule has 1 heterocycles. The summed E-state index contributed by atoms with van der Waals surface area (Å²) in [5.41, 5.74) is 1.20. The minimum Gasteiger partial charge on any atom is -0.465 e. The Morgan fingerprint density at radius 1 is 1.04 bits per heavy atom. The van der Waals surface area contributed by atoms with E-state index in [1.807, 2.05) is 0 Å². The number of ether oxygens (including phenoxy) is 2. The number of ketones is 1. The molecular formula is C19H19NO6S. The first-order valence-electron chi connectivity index (χ1n) is 8.16. The average Bonchev–Trinajstić information content (AvgIpc) is 3.23. The molecule has 0 aliphatic heterocycles. The van der Waals surface area contributed by atoms with Gasteiger partial charge in [0.15, 0.2) is 12.4 Å². The van der Waals surface area contributed by atoms with Crippen molar-refractivity contribution in [1.29, 1.82) is 0 Å². The molecule has 27 heavy (non-hydrogen) atoms. The second-order valence-corrected chi connectivity index (χ2v) is 6.47. The third kappa shape index (κ3) is 6.67. The van der Waals surface area contributed by atoms with Gasteiger partial charge in [0.1, 0.15) is 0 Å². The summed E-state index contributed by atoms with van der Waals surface area (Å²) in [4.78, 5) is 47.1. The first-order chi connectivity index (χ1) is 13.0. The van der Waals surface area contributed by atoms with Crippen molar-refractivity contribution in [3.63, 3.8) is 0 Å². The Morgan fingerprint density at radius 2 is 1.78 bits per heavy atom. The molecule has 8 heteroatoms. The fourth-order valence-electron chi connectivity index (χ4n) is 2.12. The zero-order valence-corrected chi connectivity index (χ0v) is 15.5. The van der Waals surface area contributed by atoms with Crippen molar-refractivity contribution >= 4 is 35.0 Å². The fraction of sp³-hybridized carbons (Fsp3) is 0.263. The van der Waals surface area contributed by atoms with Crippen molar-refractivity contribution in [2.24, 2.45) is 0 Å². The van der Waals surface area contributed by atoms with Gasteiger partial charge in [-0.3, -0.25) is 14.4 Å². The van der Waals surface area contributed by atoms with Crippen LogP contribution in [0.15, 0.2) is 41.8 Å². The predicted octanol–water partition coefficient (Wildman–Crippen LogP) is 2.36. The molecule has 1 aromatic heterocycles. The topological polar surface area (TPSA) is 98.8 Å². The molecule has 0 bridgehead atoms. The molecule has 2 rings (SSSR count). The molecule has 0 atom stereocenters. The van der Waals surface area contributed by atoms with E-state index in [0.717, 1.165) is 5.56 Å². The highest BCUT2D eigenvalue weighted by Crippen LogP contribution is 2.12. The number of nitrogens with one attached hydrogen (secondary N) is 1. The molecule has 0 fully saturated rings. The zero-order valence-electron chi connectivity index (χ0n) is 14.7. The van der Waals surface area contributed by atoms with Crippen molar-refractivity contribution in [3.05, 3.63) is 57.8 Å². The lowest BCUT2D eigenvalue weighted by atomic mass is 10.1. The highest BCUT2D eigenvalue weighted by molar-refractivity contribution is 7.12. The van der Waals surface area contributed by atoms with Crippen molar-refractivity contribution in [2.45, 2.75) is 19.4 Å². The van der Waals surface area contributed by atoms with Gasteiger partial charge in [-0.15, -0.1) is 11.3 Å². The third-order valence-corrected chi connectivity index (χ3v) is 4.49. The van der Waals surface area contributed by atoms with Gasteiger partial charge in [-0.05, 0) is 29.1 Å². The molecule has 1 aromatic carbocycles. The van der Waals surface area contributed by atoms with Crippen LogP contribution in [-0.2, 0) is 25.6 Å². The van der Waals surface area contributed by atoms with E-state index < -0.39 is 24.5 Å². The minimum atomic E-state index is -0.600. The van der Waals surface area contributed by atoms with Gasteiger partial charge in [0, 0.05) is 13.0 Å². The Labute approximate surface area is 160 Å². The van der Waals surface area contributed by atoms with Crippen LogP contribution in [0.25, 0.3) is 0 Å². The number of thiophene rings is 1. The molecule has 2 aromatic rings. The smallest absolute Gasteiger partial charge is 0.337 e. The van der Waals surface area contributed by atoms with E-state index in [0.29, 0.717) is 10.4 Å². The summed E-state index contributed by atoms with van der Waals surface area (Å²) >= 11 is 1.32. The van der Waals surface area contributed by atoms with Gasteiger partial charge >= 0.3 is 11.9 Å². The normalized spacial score (nSPS) is 10.1. The van der Waals surface area contributed by atoms with Crippen LogP contribution in [0.1, 0.15) is 38.4 Å². The van der Waals surface area contributed by atoms with Crippen LogP contribution < -0.4 is 5.32 Å². The lowest BCUT2D eigenvalue weighted by Crippen LogP contribution is -2.28. The summed E-state index contributed by atoms with van der Waals surface area (Å²) < 4.78 is 9.47. The summed E-state index contributed by atoms with van der Waals surface area (Å²) in [5, 5.41) is 4.40. The third-order valence-electron chi connectivity index (χ3n) is 3.58. The van der Waals surface area contributed by atoms with Gasteiger partial charge in [0.25, 0.3) is 5.91 Å². The lowest BCUT2D eigenvalue weighted by Gasteiger charge is -2.07. The molecule has 1 amide bonds. The molecule has 0 aliphatic rings. The Balaban J connectivity index is 1.66. The molecule has 0 aliphatic carbocycles. The number of hydrogen-bond donors (Lipinski definition) is 1. The van der Waals surface area contributed by atoms with Crippen LogP contribution in [0, 0.1) is 0 Å². The number of carbonyl (C=O) groups excluding carboxylic acids is 4. The number of hydrogen-bond acceptors (Lipinski definition) is 7. The Kier molecular flexibility index (Phi) is 7.69. The van der Waals surface area contributed by atoms with E-state index in [-0.39, 0.29) is 25.2 Å². The highest BCUT2D eigenvalue weighted by Gasteiger charge is 2.12. The minimum absolute atomic E-state index is 0.0491. The molecule has 0 saturated carbocycles. The second kappa shape index (κ2) is 10.2. The Bertz CT molecular complexity index is 798. The number of benzene rings is 1. The van der Waals surface area contributed by atoms with Crippen LogP contribution in [0.4, 0.5) is 0 Å². The first kappa shape index (κ1) is 20.3. The van der Waals surface area contributed by atoms with Gasteiger partial charge in [0.2, 0.25) is 0 Å². The summed E-state index contributed by atoms with van der Waals surface area (Å²) in [6, 6.07) is 10.0. The second-order valence-electron chi connectivity index (χ2n) is 5.53. The number of rotatable bonds is 9. The molecule has 7 nitrogen and oxygen atoms in total. The maximum Gasteiger partial charge on any atom is 0.337 e. The summed E-state index contributed by atoms with van der Waals surface area (Å²) in [6.45, 7) is -0.180.